The smallest absolute Gasteiger partial charge is 0.254 e. The molecule has 0 saturated carbocycles. The van der Waals surface area contributed by atoms with Crippen LogP contribution in [0.1, 0.15) is 31.5 Å². The Morgan fingerprint density at radius 1 is 1.15 bits per heavy atom. The summed E-state index contributed by atoms with van der Waals surface area (Å²) in [6.45, 7) is 7.17. The Morgan fingerprint density at radius 3 is 2.59 bits per heavy atom. The van der Waals surface area contributed by atoms with Crippen molar-refractivity contribution in [2.75, 3.05) is 36.8 Å². The molecule has 1 saturated heterocycles. The van der Waals surface area contributed by atoms with Crippen LogP contribution in [0.25, 0.3) is 12.0 Å². The summed E-state index contributed by atoms with van der Waals surface area (Å²) in [4.78, 5) is 12.9. The molecular formula is C24H28ClF2N7. The second kappa shape index (κ2) is 10.5. The van der Waals surface area contributed by atoms with Crippen LogP contribution in [-0.2, 0) is 6.42 Å². The van der Waals surface area contributed by atoms with Gasteiger partial charge in [0.15, 0.2) is 0 Å². The summed E-state index contributed by atoms with van der Waals surface area (Å²) < 4.78 is 28.9. The van der Waals surface area contributed by atoms with Crippen molar-refractivity contribution in [3.8, 4) is 5.95 Å². The molecule has 2 aromatic heterocycles. The monoisotopic (exact) mass is 487 g/mol. The molecule has 1 atom stereocenters. The summed E-state index contributed by atoms with van der Waals surface area (Å²) in [5.74, 6) is -0.463. The summed E-state index contributed by atoms with van der Waals surface area (Å²) in [5.41, 5.74) is 8.39. The number of nitrogens with zero attached hydrogens (tertiary/aromatic N) is 6. The SMILES string of the molecule is CCCc1c(/C=C/CN2CCN(c3cc(F)cc(F)c3)C[C@@H]2C)cnn1-c1nc(N)cc(Cl)n1. The molecule has 0 unspecified atom stereocenters. The van der Waals surface area contributed by atoms with Gasteiger partial charge in [-0.25, -0.2) is 13.5 Å². The molecule has 180 valence electrons. The zero-order valence-electron chi connectivity index (χ0n) is 19.3. The zero-order chi connectivity index (χ0) is 24.2. The summed E-state index contributed by atoms with van der Waals surface area (Å²) in [6.07, 6.45) is 7.70. The molecule has 0 amide bonds. The van der Waals surface area contributed by atoms with Crippen molar-refractivity contribution >= 4 is 29.2 Å². The van der Waals surface area contributed by atoms with E-state index in [4.69, 9.17) is 17.3 Å². The molecule has 1 aliphatic heterocycles. The lowest BCUT2D eigenvalue weighted by molar-refractivity contribution is 0.210. The molecule has 34 heavy (non-hydrogen) atoms. The Labute approximate surface area is 202 Å². The third-order valence-electron chi connectivity index (χ3n) is 5.90. The summed E-state index contributed by atoms with van der Waals surface area (Å²) in [6, 6.07) is 5.40. The minimum atomic E-state index is -0.553. The molecule has 0 bridgehead atoms. The van der Waals surface area contributed by atoms with Crippen LogP contribution < -0.4 is 10.6 Å². The maximum Gasteiger partial charge on any atom is 0.254 e. The standard InChI is InChI=1S/C24H28ClF2N7/c1-3-5-21-17(14-29-34(21)24-30-22(25)13-23(28)31-24)6-4-7-32-8-9-33(15-16(32)2)20-11-18(26)10-19(27)12-20/h4,6,10-14,16H,3,5,7-9,15H2,1-2H3,(H2,28,30,31)/b6-4+/t16-/m0/s1. The van der Waals surface area contributed by atoms with Crippen molar-refractivity contribution < 1.29 is 8.78 Å². The molecular weight excluding hydrogens is 460 g/mol. The van der Waals surface area contributed by atoms with Crippen LogP contribution >= 0.6 is 11.6 Å². The number of hydrogen-bond donors (Lipinski definition) is 1. The summed E-state index contributed by atoms with van der Waals surface area (Å²) >= 11 is 6.05. The van der Waals surface area contributed by atoms with E-state index >= 15 is 0 Å². The predicted molar refractivity (Wildman–Crippen MR) is 131 cm³/mol. The average Bonchev–Trinajstić information content (AvgIpc) is 3.16. The molecule has 2 N–H and O–H groups in total. The van der Waals surface area contributed by atoms with Crippen LogP contribution in [0.5, 0.6) is 0 Å². The summed E-state index contributed by atoms with van der Waals surface area (Å²) in [7, 11) is 0. The Kier molecular flexibility index (Phi) is 7.43. The molecule has 1 aromatic carbocycles. The van der Waals surface area contributed by atoms with E-state index in [-0.39, 0.29) is 11.2 Å². The minimum Gasteiger partial charge on any atom is -0.383 e. The van der Waals surface area contributed by atoms with E-state index in [2.05, 4.69) is 46.0 Å². The number of rotatable bonds is 7. The topological polar surface area (TPSA) is 76.1 Å². The first-order valence-corrected chi connectivity index (χ1v) is 11.7. The molecule has 1 aliphatic rings. The van der Waals surface area contributed by atoms with Gasteiger partial charge in [0.25, 0.3) is 5.95 Å². The molecule has 0 spiro atoms. The van der Waals surface area contributed by atoms with Crippen molar-refractivity contribution in [3.63, 3.8) is 0 Å². The van der Waals surface area contributed by atoms with Crippen molar-refractivity contribution in [1.29, 1.82) is 0 Å². The van der Waals surface area contributed by atoms with E-state index in [0.29, 0.717) is 30.5 Å². The van der Waals surface area contributed by atoms with Crippen molar-refractivity contribution in [2.45, 2.75) is 32.7 Å². The highest BCUT2D eigenvalue weighted by Gasteiger charge is 2.23. The van der Waals surface area contributed by atoms with Crippen molar-refractivity contribution in [1.82, 2.24) is 24.6 Å². The molecule has 0 aliphatic carbocycles. The molecule has 10 heteroatoms. The van der Waals surface area contributed by atoms with E-state index in [1.807, 2.05) is 4.90 Å². The van der Waals surface area contributed by atoms with Crippen molar-refractivity contribution in [3.05, 3.63) is 64.6 Å². The highest BCUT2D eigenvalue weighted by atomic mass is 35.5. The normalized spacial score (nSPS) is 17.1. The highest BCUT2D eigenvalue weighted by molar-refractivity contribution is 6.29. The Hall–Kier alpha value is -3.04. The lowest BCUT2D eigenvalue weighted by Gasteiger charge is -2.40. The quantitative estimate of drug-likeness (QED) is 0.499. The van der Waals surface area contributed by atoms with Crippen LogP contribution in [0, 0.1) is 11.6 Å². The van der Waals surface area contributed by atoms with E-state index in [1.165, 1.54) is 18.2 Å². The predicted octanol–water partition coefficient (Wildman–Crippen LogP) is 4.35. The van der Waals surface area contributed by atoms with Gasteiger partial charge < -0.3 is 10.6 Å². The van der Waals surface area contributed by atoms with E-state index in [1.54, 1.807) is 10.9 Å². The maximum atomic E-state index is 13.6. The number of hydrogen-bond acceptors (Lipinski definition) is 6. The number of nitrogen functional groups attached to an aromatic ring is 1. The van der Waals surface area contributed by atoms with Gasteiger partial charge in [-0.3, -0.25) is 4.90 Å². The fraction of sp³-hybridized carbons (Fsp3) is 0.375. The van der Waals surface area contributed by atoms with Gasteiger partial charge in [-0.1, -0.05) is 37.1 Å². The van der Waals surface area contributed by atoms with Gasteiger partial charge in [-0.2, -0.15) is 15.1 Å². The average molecular weight is 488 g/mol. The van der Waals surface area contributed by atoms with Gasteiger partial charge in [0.1, 0.15) is 22.6 Å². The Morgan fingerprint density at radius 2 is 1.91 bits per heavy atom. The second-order valence-corrected chi connectivity index (χ2v) is 8.83. The third-order valence-corrected chi connectivity index (χ3v) is 6.09. The number of anilines is 2. The van der Waals surface area contributed by atoms with Crippen LogP contribution in [0.4, 0.5) is 20.3 Å². The fourth-order valence-electron chi connectivity index (χ4n) is 4.24. The molecule has 1 fully saturated rings. The molecule has 3 heterocycles. The summed E-state index contributed by atoms with van der Waals surface area (Å²) in [5, 5.41) is 4.74. The highest BCUT2D eigenvalue weighted by Crippen LogP contribution is 2.22. The zero-order valence-corrected chi connectivity index (χ0v) is 20.0. The van der Waals surface area contributed by atoms with Gasteiger partial charge in [-0.15, -0.1) is 0 Å². The molecule has 3 aromatic rings. The third kappa shape index (κ3) is 5.53. The van der Waals surface area contributed by atoms with Gasteiger partial charge in [0.05, 0.1) is 11.9 Å². The van der Waals surface area contributed by atoms with Crippen LogP contribution in [-0.4, -0.2) is 56.9 Å². The molecule has 0 radical (unpaired) electrons. The first kappa shape index (κ1) is 24.1. The van der Waals surface area contributed by atoms with Gasteiger partial charge in [0, 0.05) is 55.6 Å². The van der Waals surface area contributed by atoms with Crippen LogP contribution in [0.15, 0.2) is 36.5 Å². The Bertz CT molecular complexity index is 1140. The lowest BCUT2D eigenvalue weighted by atomic mass is 10.1. The number of piperazine rings is 1. The van der Waals surface area contributed by atoms with E-state index in [0.717, 1.165) is 43.3 Å². The van der Waals surface area contributed by atoms with E-state index in [9.17, 15) is 8.78 Å². The fourth-order valence-corrected chi connectivity index (χ4v) is 4.43. The lowest BCUT2D eigenvalue weighted by Crippen LogP contribution is -2.51. The first-order valence-electron chi connectivity index (χ1n) is 11.3. The van der Waals surface area contributed by atoms with Crippen molar-refractivity contribution in [2.24, 2.45) is 0 Å². The second-order valence-electron chi connectivity index (χ2n) is 8.44. The van der Waals surface area contributed by atoms with E-state index < -0.39 is 11.6 Å². The molecule has 4 rings (SSSR count). The largest absolute Gasteiger partial charge is 0.383 e. The van der Waals surface area contributed by atoms with Crippen LogP contribution in [0.2, 0.25) is 5.15 Å². The van der Waals surface area contributed by atoms with Gasteiger partial charge >= 0.3 is 0 Å². The number of benzene rings is 1. The molecule has 7 nitrogen and oxygen atoms in total. The first-order chi connectivity index (χ1) is 16.3. The number of nitrogens with two attached hydrogens (primary N) is 1. The minimum absolute atomic E-state index is 0.227. The van der Waals surface area contributed by atoms with Gasteiger partial charge in [0.2, 0.25) is 0 Å². The Balaban J connectivity index is 1.44. The van der Waals surface area contributed by atoms with Crippen LogP contribution in [0.3, 0.4) is 0 Å². The number of halogens is 3. The number of aromatic nitrogens is 4. The maximum absolute atomic E-state index is 13.6. The van der Waals surface area contributed by atoms with Gasteiger partial charge in [-0.05, 0) is 25.5 Å².